The molecule has 6 aliphatic rings. The van der Waals surface area contributed by atoms with Crippen molar-refractivity contribution in [2.45, 2.75) is 102 Å². The summed E-state index contributed by atoms with van der Waals surface area (Å²) in [5, 5.41) is 32.0. The average molecular weight is 1930 g/mol. The van der Waals surface area contributed by atoms with Crippen LogP contribution in [0, 0.1) is 6.92 Å². The number of aliphatic hydroxyl groups is 2. The molecule has 18 aromatic carbocycles. The summed E-state index contributed by atoms with van der Waals surface area (Å²) in [6, 6.07) is 133. The largest absolute Gasteiger partial charge is 1.00 e. The van der Waals surface area contributed by atoms with Gasteiger partial charge in [0.05, 0.1) is 0 Å². The van der Waals surface area contributed by atoms with Gasteiger partial charge in [0.1, 0.15) is 11.2 Å². The zero-order valence-electron chi connectivity index (χ0n) is 76.6. The summed E-state index contributed by atoms with van der Waals surface area (Å²) in [5.41, 5.74) is 31.4. The van der Waals surface area contributed by atoms with Crippen LogP contribution in [-0.4, -0.2) is 35.0 Å². The van der Waals surface area contributed by atoms with Crippen molar-refractivity contribution in [3.63, 3.8) is 0 Å². The Labute approximate surface area is 823 Å². The van der Waals surface area contributed by atoms with E-state index in [0.29, 0.717) is 44.5 Å². The second-order valence-electron chi connectivity index (χ2n) is 37.2. The molecule has 18 aromatic rings. The number of carbonyl (C=O) groups is 2. The molecule has 2 atom stereocenters. The zero-order chi connectivity index (χ0) is 91.8. The van der Waals surface area contributed by atoms with Gasteiger partial charge < -0.3 is 21.9 Å². The first-order chi connectivity index (χ1) is 64.5. The third-order valence-corrected chi connectivity index (χ3v) is 29.8. The van der Waals surface area contributed by atoms with Crippen molar-refractivity contribution in [2.24, 2.45) is 0 Å². The van der Waals surface area contributed by atoms with Crippen LogP contribution in [0.25, 0.3) is 122 Å². The number of halogens is 3. The topological polar surface area (TPSA) is 83.8 Å². The fourth-order valence-corrected chi connectivity index (χ4v) is 22.3. The van der Waals surface area contributed by atoms with Crippen LogP contribution in [-0.2, 0) is 32.2 Å². The molecule has 2 unspecified atom stereocenters. The molecule has 0 aromatic heterocycles. The molecule has 24 rings (SSSR count). The Morgan fingerprint density at radius 1 is 0.269 bits per heavy atom. The monoisotopic (exact) mass is 1920 g/mol. The van der Waals surface area contributed by atoms with Crippen LogP contribution >= 0.6 is 47.8 Å². The number of unbranched alkanes of at least 4 members (excludes halogenated alkanes) is 1. The quantitative estimate of drug-likeness (QED) is 0.0855. The minimum atomic E-state index is -1.53. The summed E-state index contributed by atoms with van der Waals surface area (Å²) in [4.78, 5) is 26.1. The number of hydrogen-bond donors (Lipinski definition) is 2. The van der Waals surface area contributed by atoms with E-state index >= 15 is 0 Å². The van der Waals surface area contributed by atoms with Crippen LogP contribution in [0.5, 0.6) is 0 Å². The third-order valence-electron chi connectivity index (χ3n) is 28.3. The predicted molar refractivity (Wildman–Crippen MR) is 560 cm³/mol. The van der Waals surface area contributed by atoms with Crippen LogP contribution in [0.2, 0.25) is 0 Å². The number of ketones is 2. The van der Waals surface area contributed by atoms with Crippen molar-refractivity contribution >= 4 is 80.9 Å². The molecule has 5 aliphatic carbocycles. The van der Waals surface area contributed by atoms with Crippen LogP contribution in [0.15, 0.2) is 396 Å². The molecule has 5 nitrogen and oxygen atoms in total. The first kappa shape index (κ1) is 90.9. The second kappa shape index (κ2) is 36.8. The van der Waals surface area contributed by atoms with Crippen molar-refractivity contribution in [2.75, 3.05) is 13.2 Å². The van der Waals surface area contributed by atoms with E-state index in [4.69, 9.17) is 4.74 Å². The maximum atomic E-state index is 13.4. The molecule has 0 spiro atoms. The molecule has 0 bridgehead atoms. The molecule has 134 heavy (non-hydrogen) atoms. The SMILES string of the molecule is C1CCOC1.CC1(C)c2cc(Br)ccc2-c2cc3c(-c4ccc(-c5ccccc5)cc4)c4ccccc4c(-c4ccc(-c5ccccc5)cc4)c3cc21.CC1(C)c2cc(Br)ccc2-c2cc3c(cc21)C(=O)c1ccccc1C3=O.CC1(C)c2cc(Br)ccc2-c2cc3c(cc21)C(O)(c1ccc(-c2ccccc2)cc1)c1ccccc1C3(O)c1ccc(-c2ccccc2)cc1.[CH2-]CCC.[Li+]. The molecule has 0 saturated carbocycles. The van der Waals surface area contributed by atoms with E-state index in [1.54, 1.807) is 24.3 Å². The molecule has 0 radical (unpaired) electrons. The number of rotatable bonds is 9. The Bertz CT molecular complexity index is 7560. The van der Waals surface area contributed by atoms with Gasteiger partial charge in [-0.15, -0.1) is 0 Å². The van der Waals surface area contributed by atoms with Crippen molar-refractivity contribution in [1.29, 1.82) is 0 Å². The average Bonchev–Trinajstić information content (AvgIpc) is 1.65. The minimum Gasteiger partial charge on any atom is -0.381 e. The Morgan fingerprint density at radius 3 is 0.910 bits per heavy atom. The Hall–Kier alpha value is -12.3. The minimum absolute atomic E-state index is 0. The van der Waals surface area contributed by atoms with Gasteiger partial charge in [0.2, 0.25) is 0 Å². The summed E-state index contributed by atoms with van der Waals surface area (Å²) in [5.74, 6) is -0.132. The van der Waals surface area contributed by atoms with Gasteiger partial charge in [-0.1, -0.05) is 418 Å². The van der Waals surface area contributed by atoms with Crippen molar-refractivity contribution in [1.82, 2.24) is 0 Å². The maximum Gasteiger partial charge on any atom is 1.00 e. The normalized spacial score (nSPS) is 16.2. The van der Waals surface area contributed by atoms with Crippen LogP contribution < -0.4 is 18.9 Å². The fourth-order valence-electron chi connectivity index (χ4n) is 21.2. The van der Waals surface area contributed by atoms with Crippen LogP contribution in [0.1, 0.15) is 173 Å². The van der Waals surface area contributed by atoms with E-state index in [2.05, 4.69) is 358 Å². The van der Waals surface area contributed by atoms with Gasteiger partial charge in [-0.25, -0.2) is 0 Å². The van der Waals surface area contributed by atoms with Gasteiger partial charge in [0.15, 0.2) is 11.6 Å². The van der Waals surface area contributed by atoms with E-state index in [1.165, 1.54) is 119 Å². The number of benzene rings is 18. The molecular formula is C125H100Br3LiO5. The summed E-state index contributed by atoms with van der Waals surface area (Å²) >= 11 is 11.0. The third kappa shape index (κ3) is 15.9. The van der Waals surface area contributed by atoms with Gasteiger partial charge in [-0.3, -0.25) is 9.59 Å². The van der Waals surface area contributed by atoms with Crippen LogP contribution in [0.3, 0.4) is 0 Å². The summed E-state index contributed by atoms with van der Waals surface area (Å²) in [6.45, 7) is 21.3. The predicted octanol–water partition coefficient (Wildman–Crippen LogP) is 29.7. The first-order valence-electron chi connectivity index (χ1n) is 46.0. The number of carbonyl (C=O) groups excluding carboxylic acids is 2. The number of ether oxygens (including phenoxy) is 1. The van der Waals surface area contributed by atoms with E-state index in [0.717, 1.165) is 99.8 Å². The zero-order valence-corrected chi connectivity index (χ0v) is 81.3. The van der Waals surface area contributed by atoms with Crippen molar-refractivity contribution in [3.05, 3.63) is 492 Å². The van der Waals surface area contributed by atoms with E-state index in [1.807, 2.05) is 103 Å². The number of fused-ring (bicyclic) bond motifs is 15. The molecule has 1 aliphatic heterocycles. The van der Waals surface area contributed by atoms with E-state index < -0.39 is 11.2 Å². The van der Waals surface area contributed by atoms with Gasteiger partial charge in [0, 0.05) is 70.7 Å². The van der Waals surface area contributed by atoms with Gasteiger partial charge in [0.25, 0.3) is 0 Å². The first-order valence-corrected chi connectivity index (χ1v) is 48.4. The smallest absolute Gasteiger partial charge is 0.381 e. The van der Waals surface area contributed by atoms with Gasteiger partial charge >= 0.3 is 18.9 Å². The Balaban J connectivity index is 0.000000128. The molecule has 2 N–H and O–H groups in total. The molecule has 0 amide bonds. The molecular weight excluding hydrogens is 1830 g/mol. The summed E-state index contributed by atoms with van der Waals surface area (Å²) in [7, 11) is 0. The van der Waals surface area contributed by atoms with Crippen molar-refractivity contribution in [3.8, 4) is 100 Å². The standard InChI is InChI=1S/C47H35BrO2.C47H33Br.C23H15BrO2.C4H8O.C4H9.Li/c1-45(2)41-27-36(48)25-26-37(41)38-28-43-44(29-42(38)45)47(50,35-23-19-33(20-24-35)31-13-7-4-8-14-31)40-16-10-9-15-39(40)46(43,49)34-21-17-32(18-22-34)30-11-5-3-6-12-30;1-47(2)43-27-36(48)25-26-37(43)40-28-41-42(29-44(40)47)46(35-23-19-33(20-24-35)31-13-7-4-8-14-31)39-16-10-9-15-38(39)45(41)34-21-17-32(18-22-34)30-11-5-3-6-12-30;1-23(2)19-9-12(24)7-8-13(19)16-10-17-18(11-20(16)23)22(26)15-6-4-3-5-14(15)21(17)25;1-2-4-5-3-1;1-3-4-2;/h3-29,49-50H,1-2H3;3-29H,1-2H3;3-11H,1-2H3;1-4H2;1,3-4H2,2H3;/q;;;;-1;+1. The van der Waals surface area contributed by atoms with Crippen molar-refractivity contribution < 1.29 is 43.4 Å². The molecule has 652 valence electrons. The second-order valence-corrected chi connectivity index (χ2v) is 39.9. The fraction of sp³-hybridized carbons (Fsp3) is 0.144. The molecule has 1 heterocycles. The van der Waals surface area contributed by atoms with E-state index in [9.17, 15) is 19.8 Å². The molecule has 1 fully saturated rings. The summed E-state index contributed by atoms with van der Waals surface area (Å²) < 4.78 is 8.12. The maximum absolute atomic E-state index is 13.4. The Morgan fingerprint density at radius 2 is 0.545 bits per heavy atom. The summed E-state index contributed by atoms with van der Waals surface area (Å²) in [6.07, 6.45) is 4.83. The van der Waals surface area contributed by atoms with Gasteiger partial charge in [-0.05, 0) is 262 Å². The van der Waals surface area contributed by atoms with Gasteiger partial charge in [-0.2, -0.15) is 6.42 Å². The molecule has 9 heteroatoms. The number of hydrogen-bond acceptors (Lipinski definition) is 5. The van der Waals surface area contributed by atoms with Crippen LogP contribution in [0.4, 0.5) is 0 Å². The Kier molecular flexibility index (Phi) is 25.0. The molecule has 1 saturated heterocycles. The van der Waals surface area contributed by atoms with E-state index in [-0.39, 0.29) is 46.7 Å².